The zero-order valence-corrected chi connectivity index (χ0v) is 16.2. The van der Waals surface area contributed by atoms with Gasteiger partial charge in [-0.25, -0.2) is 0 Å². The van der Waals surface area contributed by atoms with Gasteiger partial charge in [-0.1, -0.05) is 60.7 Å². The molecule has 0 aliphatic rings. The van der Waals surface area contributed by atoms with Gasteiger partial charge in [-0.15, -0.1) is 0 Å². The maximum absolute atomic E-state index is 13.2. The summed E-state index contributed by atoms with van der Waals surface area (Å²) >= 11 is 0. The summed E-state index contributed by atoms with van der Waals surface area (Å²) in [5.74, 6) is 1.44. The number of fused-ring (bicyclic) bond motifs is 1. The van der Waals surface area contributed by atoms with Crippen molar-refractivity contribution in [3.8, 4) is 22.6 Å². The van der Waals surface area contributed by atoms with Gasteiger partial charge in [-0.05, 0) is 52.7 Å². The molecule has 3 nitrogen and oxygen atoms in total. The summed E-state index contributed by atoms with van der Waals surface area (Å²) < 4.78 is 5.83. The number of carbonyl (C=O) groups is 1. The van der Waals surface area contributed by atoms with Crippen molar-refractivity contribution in [2.24, 2.45) is 0 Å². The first-order valence-electron chi connectivity index (χ1n) is 9.82. The van der Waals surface area contributed by atoms with E-state index in [1.54, 1.807) is 18.3 Å². The Morgan fingerprint density at radius 3 is 2.17 bits per heavy atom. The van der Waals surface area contributed by atoms with Crippen molar-refractivity contribution in [3.05, 3.63) is 121 Å². The molecule has 1 N–H and O–H groups in total. The molecule has 0 saturated heterocycles. The van der Waals surface area contributed by atoms with E-state index in [1.807, 2.05) is 66.9 Å². The van der Waals surface area contributed by atoms with Crippen LogP contribution in [0.5, 0.6) is 11.5 Å². The van der Waals surface area contributed by atoms with Gasteiger partial charge in [0, 0.05) is 29.1 Å². The van der Waals surface area contributed by atoms with E-state index in [1.165, 1.54) is 0 Å². The molecule has 1 heterocycles. The number of aromatic nitrogens is 1. The van der Waals surface area contributed by atoms with Crippen LogP contribution < -0.4 is 4.74 Å². The topological polar surface area (TPSA) is 42.1 Å². The maximum atomic E-state index is 13.2. The highest BCUT2D eigenvalue weighted by molar-refractivity contribution is 6.14. The van der Waals surface area contributed by atoms with Crippen LogP contribution in [0.15, 0.2) is 109 Å². The number of para-hydroxylation sites is 1. The first-order chi connectivity index (χ1) is 14.8. The van der Waals surface area contributed by atoms with Crippen molar-refractivity contribution < 1.29 is 9.53 Å². The first kappa shape index (κ1) is 18.0. The second kappa shape index (κ2) is 7.72. The van der Waals surface area contributed by atoms with Crippen molar-refractivity contribution in [1.29, 1.82) is 0 Å². The SMILES string of the molecule is O=C(c1ccc(Oc2ccccc2)cc1)c1c[nH]cc1-c1cccc2ccccc12. The predicted octanol–water partition coefficient (Wildman–Crippen LogP) is 6.86. The van der Waals surface area contributed by atoms with Gasteiger partial charge in [-0.3, -0.25) is 4.79 Å². The second-order valence-electron chi connectivity index (χ2n) is 7.08. The monoisotopic (exact) mass is 389 g/mol. The molecule has 0 aliphatic carbocycles. The summed E-state index contributed by atoms with van der Waals surface area (Å²) in [6.45, 7) is 0. The van der Waals surface area contributed by atoms with Gasteiger partial charge in [0.1, 0.15) is 11.5 Å². The van der Waals surface area contributed by atoms with Crippen LogP contribution in [0.4, 0.5) is 0 Å². The molecule has 0 amide bonds. The van der Waals surface area contributed by atoms with Crippen LogP contribution in [0, 0.1) is 0 Å². The van der Waals surface area contributed by atoms with Crippen LogP contribution in [0.2, 0.25) is 0 Å². The Kier molecular flexibility index (Phi) is 4.62. The number of ether oxygens (including phenoxy) is 1. The fourth-order valence-corrected chi connectivity index (χ4v) is 3.69. The molecule has 0 atom stereocenters. The van der Waals surface area contributed by atoms with E-state index in [4.69, 9.17) is 4.74 Å². The minimum absolute atomic E-state index is 0.0227. The summed E-state index contributed by atoms with van der Waals surface area (Å²) in [7, 11) is 0. The van der Waals surface area contributed by atoms with Crippen LogP contribution in [-0.4, -0.2) is 10.8 Å². The Balaban J connectivity index is 1.46. The summed E-state index contributed by atoms with van der Waals surface area (Å²) in [6, 6.07) is 31.2. The second-order valence-corrected chi connectivity index (χ2v) is 7.08. The molecule has 5 rings (SSSR count). The third-order valence-corrected chi connectivity index (χ3v) is 5.17. The average Bonchev–Trinajstić information content (AvgIpc) is 3.29. The zero-order valence-electron chi connectivity index (χ0n) is 16.2. The van der Waals surface area contributed by atoms with E-state index in [9.17, 15) is 4.79 Å². The first-order valence-corrected chi connectivity index (χ1v) is 9.82. The van der Waals surface area contributed by atoms with E-state index in [2.05, 4.69) is 29.2 Å². The Labute approximate surface area is 174 Å². The molecule has 0 fully saturated rings. The number of ketones is 1. The maximum Gasteiger partial charge on any atom is 0.195 e. The fourth-order valence-electron chi connectivity index (χ4n) is 3.69. The van der Waals surface area contributed by atoms with Crippen molar-refractivity contribution >= 4 is 16.6 Å². The standard InChI is InChI=1S/C27H19NO2/c29-27(20-13-15-22(16-14-20)30-21-9-2-1-3-10-21)26-18-28-17-25(26)24-12-6-8-19-7-4-5-11-23(19)24/h1-18,28H. The molecule has 3 heteroatoms. The molecular formula is C27H19NO2. The summed E-state index contributed by atoms with van der Waals surface area (Å²) in [4.78, 5) is 16.4. The molecular weight excluding hydrogens is 370 g/mol. The Morgan fingerprint density at radius 2 is 1.33 bits per heavy atom. The Morgan fingerprint density at radius 1 is 0.633 bits per heavy atom. The summed E-state index contributed by atoms with van der Waals surface area (Å²) in [5.41, 5.74) is 3.22. The van der Waals surface area contributed by atoms with Gasteiger partial charge < -0.3 is 9.72 Å². The Hall–Kier alpha value is -4.11. The van der Waals surface area contributed by atoms with Gasteiger partial charge in [-0.2, -0.15) is 0 Å². The number of rotatable bonds is 5. The lowest BCUT2D eigenvalue weighted by atomic mass is 9.94. The van der Waals surface area contributed by atoms with E-state index in [0.29, 0.717) is 16.9 Å². The third kappa shape index (κ3) is 3.38. The van der Waals surface area contributed by atoms with E-state index < -0.39 is 0 Å². The molecule has 0 bridgehead atoms. The largest absolute Gasteiger partial charge is 0.457 e. The molecule has 5 aromatic rings. The highest BCUT2D eigenvalue weighted by Crippen LogP contribution is 2.32. The number of nitrogens with one attached hydrogen (secondary N) is 1. The highest BCUT2D eigenvalue weighted by atomic mass is 16.5. The molecule has 144 valence electrons. The van der Waals surface area contributed by atoms with Crippen molar-refractivity contribution in [1.82, 2.24) is 4.98 Å². The van der Waals surface area contributed by atoms with Gasteiger partial charge in [0.2, 0.25) is 0 Å². The van der Waals surface area contributed by atoms with E-state index in [0.717, 1.165) is 27.6 Å². The Bertz CT molecular complexity index is 1310. The van der Waals surface area contributed by atoms with E-state index in [-0.39, 0.29) is 5.78 Å². The molecule has 0 radical (unpaired) electrons. The van der Waals surface area contributed by atoms with Crippen molar-refractivity contribution in [2.45, 2.75) is 0 Å². The number of hydrogen-bond acceptors (Lipinski definition) is 2. The van der Waals surface area contributed by atoms with Gasteiger partial charge in [0.15, 0.2) is 5.78 Å². The minimum atomic E-state index is -0.0227. The van der Waals surface area contributed by atoms with Gasteiger partial charge >= 0.3 is 0 Å². The molecule has 4 aromatic carbocycles. The lowest BCUT2D eigenvalue weighted by Crippen LogP contribution is -2.01. The van der Waals surface area contributed by atoms with Crippen LogP contribution in [-0.2, 0) is 0 Å². The lowest BCUT2D eigenvalue weighted by molar-refractivity contribution is 0.103. The molecule has 1 aromatic heterocycles. The van der Waals surface area contributed by atoms with Crippen LogP contribution in [0.3, 0.4) is 0 Å². The van der Waals surface area contributed by atoms with Crippen molar-refractivity contribution in [3.63, 3.8) is 0 Å². The quantitative estimate of drug-likeness (QED) is 0.334. The number of aromatic amines is 1. The lowest BCUT2D eigenvalue weighted by Gasteiger charge is -2.09. The summed E-state index contributed by atoms with van der Waals surface area (Å²) in [6.07, 6.45) is 3.66. The van der Waals surface area contributed by atoms with Gasteiger partial charge in [0.25, 0.3) is 0 Å². The molecule has 0 saturated carbocycles. The number of hydrogen-bond donors (Lipinski definition) is 1. The molecule has 0 spiro atoms. The van der Waals surface area contributed by atoms with Crippen LogP contribution >= 0.6 is 0 Å². The highest BCUT2D eigenvalue weighted by Gasteiger charge is 2.17. The fraction of sp³-hybridized carbons (Fsp3) is 0. The molecule has 0 aliphatic heterocycles. The zero-order chi connectivity index (χ0) is 20.3. The summed E-state index contributed by atoms with van der Waals surface area (Å²) in [5, 5.41) is 2.28. The van der Waals surface area contributed by atoms with Crippen molar-refractivity contribution in [2.75, 3.05) is 0 Å². The molecule has 30 heavy (non-hydrogen) atoms. The predicted molar refractivity (Wildman–Crippen MR) is 120 cm³/mol. The number of H-pyrrole nitrogens is 1. The van der Waals surface area contributed by atoms with Gasteiger partial charge in [0.05, 0.1) is 0 Å². The smallest absolute Gasteiger partial charge is 0.195 e. The van der Waals surface area contributed by atoms with Crippen LogP contribution in [0.1, 0.15) is 15.9 Å². The minimum Gasteiger partial charge on any atom is -0.457 e. The average molecular weight is 389 g/mol. The van der Waals surface area contributed by atoms with E-state index >= 15 is 0 Å². The third-order valence-electron chi connectivity index (χ3n) is 5.17. The normalized spacial score (nSPS) is 10.8. The molecule has 0 unspecified atom stereocenters. The van der Waals surface area contributed by atoms with Crippen LogP contribution in [0.25, 0.3) is 21.9 Å². The number of carbonyl (C=O) groups excluding carboxylic acids is 1. The number of benzene rings is 4.